The molecule has 1 heterocycles. The maximum absolute atomic E-state index is 13.5. The molecule has 1 aromatic heterocycles. The first-order valence-corrected chi connectivity index (χ1v) is 6.59. The predicted octanol–water partition coefficient (Wildman–Crippen LogP) is 2.78. The second kappa shape index (κ2) is 5.51. The lowest BCUT2D eigenvalue weighted by atomic mass is 10.1. The Morgan fingerprint density at radius 3 is 2.82 bits per heavy atom. The molecule has 0 radical (unpaired) electrons. The molecule has 1 N–H and O–H groups in total. The third-order valence-corrected chi connectivity index (χ3v) is 3.35. The minimum atomic E-state index is -0.854. The fourth-order valence-electron chi connectivity index (χ4n) is 2.15. The van der Waals surface area contributed by atoms with Gasteiger partial charge in [0.05, 0.1) is 0 Å². The van der Waals surface area contributed by atoms with Gasteiger partial charge >= 0.3 is 6.03 Å². The minimum Gasteiger partial charge on any atom is -0.332 e. The maximum Gasteiger partial charge on any atom is 0.344 e. The molecule has 7 heteroatoms. The van der Waals surface area contributed by atoms with Gasteiger partial charge < -0.3 is 5.32 Å². The third kappa shape index (κ3) is 2.52. The summed E-state index contributed by atoms with van der Waals surface area (Å²) in [5, 5.41) is 9.79. The highest BCUT2D eigenvalue weighted by Gasteiger charge is 2.16. The van der Waals surface area contributed by atoms with Gasteiger partial charge in [-0.2, -0.15) is 4.68 Å². The molecule has 1 amide bonds. The van der Waals surface area contributed by atoms with E-state index in [0.717, 1.165) is 21.9 Å². The fourth-order valence-corrected chi connectivity index (χ4v) is 2.15. The van der Waals surface area contributed by atoms with Gasteiger partial charge in [0.2, 0.25) is 0 Å². The highest BCUT2D eigenvalue weighted by molar-refractivity contribution is 5.87. The number of nitrogens with one attached hydrogen (secondary N) is 1. The number of rotatable bonds is 2. The van der Waals surface area contributed by atoms with Crippen molar-refractivity contribution < 1.29 is 13.6 Å². The van der Waals surface area contributed by atoms with Crippen molar-refractivity contribution in [2.24, 2.45) is 0 Å². The van der Waals surface area contributed by atoms with Crippen LogP contribution in [0.3, 0.4) is 0 Å². The van der Waals surface area contributed by atoms with Crippen molar-refractivity contribution in [2.75, 3.05) is 0 Å². The molecule has 3 rings (SSSR count). The summed E-state index contributed by atoms with van der Waals surface area (Å²) in [6.45, 7) is 2.21. The molecule has 0 bridgehead atoms. The molecule has 0 spiro atoms. The van der Waals surface area contributed by atoms with E-state index in [4.69, 9.17) is 0 Å². The fraction of sp³-hybridized carbons (Fsp3) is 0.133. The smallest absolute Gasteiger partial charge is 0.332 e. The van der Waals surface area contributed by atoms with E-state index in [0.29, 0.717) is 6.07 Å². The zero-order valence-corrected chi connectivity index (χ0v) is 11.7. The molecule has 5 nitrogen and oxygen atoms in total. The molecule has 0 aliphatic heterocycles. The topological polar surface area (TPSA) is 59.8 Å². The maximum atomic E-state index is 13.5. The molecule has 0 fully saturated rings. The van der Waals surface area contributed by atoms with E-state index in [1.807, 2.05) is 31.2 Å². The van der Waals surface area contributed by atoms with Crippen LogP contribution in [0.2, 0.25) is 0 Å². The Kier molecular flexibility index (Phi) is 3.54. The zero-order valence-electron chi connectivity index (χ0n) is 11.7. The summed E-state index contributed by atoms with van der Waals surface area (Å²) in [7, 11) is 0. The first-order valence-electron chi connectivity index (χ1n) is 6.59. The number of aryl methyl sites for hydroxylation is 1. The minimum absolute atomic E-state index is 0.0141. The second-order valence-electron chi connectivity index (χ2n) is 4.84. The largest absolute Gasteiger partial charge is 0.344 e. The van der Waals surface area contributed by atoms with E-state index in [1.54, 1.807) is 0 Å². The lowest BCUT2D eigenvalue weighted by Crippen LogP contribution is -2.29. The lowest BCUT2D eigenvalue weighted by molar-refractivity contribution is 0.239. The summed E-state index contributed by atoms with van der Waals surface area (Å²) < 4.78 is 27.7. The number of amides is 1. The SMILES string of the molecule is Cc1ccccc1CNC(=O)n1nnc2c(F)cc(F)cc21. The van der Waals surface area contributed by atoms with Crippen LogP contribution in [0.1, 0.15) is 11.1 Å². The normalized spacial score (nSPS) is 10.9. The van der Waals surface area contributed by atoms with Gasteiger partial charge in [-0.25, -0.2) is 13.6 Å². The van der Waals surface area contributed by atoms with Crippen LogP contribution >= 0.6 is 0 Å². The molecule has 0 atom stereocenters. The predicted molar refractivity (Wildman–Crippen MR) is 76.3 cm³/mol. The zero-order chi connectivity index (χ0) is 15.7. The summed E-state index contributed by atoms with van der Waals surface area (Å²) in [6.07, 6.45) is 0. The lowest BCUT2D eigenvalue weighted by Gasteiger charge is -2.07. The van der Waals surface area contributed by atoms with E-state index >= 15 is 0 Å². The van der Waals surface area contributed by atoms with E-state index < -0.39 is 17.7 Å². The summed E-state index contributed by atoms with van der Waals surface area (Å²) in [6, 6.07) is 8.70. The summed E-state index contributed by atoms with van der Waals surface area (Å²) in [5.74, 6) is -1.65. The molecule has 3 aromatic rings. The average molecular weight is 302 g/mol. The number of nitrogens with zero attached hydrogens (tertiary/aromatic N) is 3. The van der Waals surface area contributed by atoms with E-state index in [-0.39, 0.29) is 17.6 Å². The highest BCUT2D eigenvalue weighted by atomic mass is 19.1. The number of carbonyl (C=O) groups is 1. The number of hydrogen-bond donors (Lipinski definition) is 1. The first kappa shape index (κ1) is 14.1. The Morgan fingerprint density at radius 2 is 2.05 bits per heavy atom. The van der Waals surface area contributed by atoms with Gasteiger partial charge in [-0.1, -0.05) is 29.5 Å². The molecule has 112 valence electrons. The van der Waals surface area contributed by atoms with E-state index in [2.05, 4.69) is 15.6 Å². The molecule has 0 unspecified atom stereocenters. The standard InChI is InChI=1S/C15H12F2N4O/c1-9-4-2-3-5-10(9)8-18-15(22)21-13-7-11(16)6-12(17)14(13)19-20-21/h2-7H,8H2,1H3,(H,18,22). The molecule has 2 aromatic carbocycles. The summed E-state index contributed by atoms with van der Waals surface area (Å²) in [4.78, 5) is 12.1. The molecule has 22 heavy (non-hydrogen) atoms. The molecule has 0 aliphatic carbocycles. The van der Waals surface area contributed by atoms with Crippen molar-refractivity contribution in [3.8, 4) is 0 Å². The first-order chi connectivity index (χ1) is 10.6. The van der Waals surface area contributed by atoms with Gasteiger partial charge in [-0.3, -0.25) is 0 Å². The van der Waals surface area contributed by atoms with Gasteiger partial charge in [-0.05, 0) is 18.1 Å². The van der Waals surface area contributed by atoms with Gasteiger partial charge in [0.1, 0.15) is 16.9 Å². The Morgan fingerprint density at radius 1 is 1.27 bits per heavy atom. The monoisotopic (exact) mass is 302 g/mol. The van der Waals surface area contributed by atoms with Crippen LogP contribution in [0, 0.1) is 18.6 Å². The van der Waals surface area contributed by atoms with Crippen LogP contribution in [0.5, 0.6) is 0 Å². The summed E-state index contributed by atoms with van der Waals surface area (Å²) in [5.41, 5.74) is 1.81. The van der Waals surface area contributed by atoms with E-state index in [9.17, 15) is 13.6 Å². The van der Waals surface area contributed by atoms with Crippen LogP contribution in [0.4, 0.5) is 13.6 Å². The van der Waals surface area contributed by atoms with Crippen molar-refractivity contribution in [3.05, 3.63) is 59.2 Å². The van der Waals surface area contributed by atoms with Crippen LogP contribution in [-0.4, -0.2) is 21.0 Å². The number of halogens is 2. The van der Waals surface area contributed by atoms with Crippen molar-refractivity contribution in [2.45, 2.75) is 13.5 Å². The molecule has 0 saturated heterocycles. The van der Waals surface area contributed by atoms with E-state index in [1.165, 1.54) is 0 Å². The molecule has 0 saturated carbocycles. The van der Waals surface area contributed by atoms with Crippen molar-refractivity contribution in [3.63, 3.8) is 0 Å². The number of fused-ring (bicyclic) bond motifs is 1. The Bertz CT molecular complexity index is 860. The Labute approximate surface area is 124 Å². The second-order valence-corrected chi connectivity index (χ2v) is 4.84. The number of carbonyl (C=O) groups excluding carboxylic acids is 1. The van der Waals surface area contributed by atoms with Crippen molar-refractivity contribution >= 4 is 17.1 Å². The quantitative estimate of drug-likeness (QED) is 0.792. The third-order valence-electron chi connectivity index (χ3n) is 3.35. The van der Waals surface area contributed by atoms with Crippen molar-refractivity contribution in [1.29, 1.82) is 0 Å². The number of hydrogen-bond acceptors (Lipinski definition) is 3. The van der Waals surface area contributed by atoms with Gasteiger partial charge in [0, 0.05) is 18.7 Å². The molecule has 0 aliphatic rings. The van der Waals surface area contributed by atoms with Crippen LogP contribution < -0.4 is 5.32 Å². The molecular formula is C15H12F2N4O. The van der Waals surface area contributed by atoms with Crippen LogP contribution in [0.15, 0.2) is 36.4 Å². The van der Waals surface area contributed by atoms with Crippen molar-refractivity contribution in [1.82, 2.24) is 20.3 Å². The van der Waals surface area contributed by atoms with Gasteiger partial charge in [0.15, 0.2) is 5.82 Å². The molecular weight excluding hydrogens is 290 g/mol. The van der Waals surface area contributed by atoms with Crippen LogP contribution in [-0.2, 0) is 6.54 Å². The Hall–Kier alpha value is -2.83. The Balaban J connectivity index is 1.85. The van der Waals surface area contributed by atoms with Gasteiger partial charge in [-0.15, -0.1) is 5.10 Å². The number of aromatic nitrogens is 3. The summed E-state index contributed by atoms with van der Waals surface area (Å²) >= 11 is 0. The number of benzene rings is 2. The average Bonchev–Trinajstić information content (AvgIpc) is 2.90. The van der Waals surface area contributed by atoms with Gasteiger partial charge in [0.25, 0.3) is 0 Å². The highest BCUT2D eigenvalue weighted by Crippen LogP contribution is 2.16. The van der Waals surface area contributed by atoms with Crippen LogP contribution in [0.25, 0.3) is 11.0 Å².